The summed E-state index contributed by atoms with van der Waals surface area (Å²) in [7, 11) is 1.80. The molecule has 7 nitrogen and oxygen atoms in total. The third-order valence-corrected chi connectivity index (χ3v) is 7.02. The minimum Gasteiger partial charge on any atom is -0.378 e. The van der Waals surface area contributed by atoms with Gasteiger partial charge in [-0.3, -0.25) is 0 Å². The number of ether oxygens (including phenoxy) is 1. The van der Waals surface area contributed by atoms with Gasteiger partial charge in [-0.25, -0.2) is 4.98 Å². The first-order valence-corrected chi connectivity index (χ1v) is 11.6. The topological polar surface area (TPSA) is 69.8 Å². The summed E-state index contributed by atoms with van der Waals surface area (Å²) in [6, 6.07) is 11.1. The number of aromatic nitrogens is 1. The highest BCUT2D eigenvalue weighted by Crippen LogP contribution is 2.30. The molecule has 1 aromatic heterocycles. The van der Waals surface area contributed by atoms with Crippen LogP contribution in [0, 0.1) is 4.91 Å². The van der Waals surface area contributed by atoms with Crippen LogP contribution in [-0.2, 0) is 4.74 Å². The Bertz CT molecular complexity index is 1000. The van der Waals surface area contributed by atoms with Crippen molar-refractivity contribution >= 4 is 22.6 Å². The SMILES string of the molecule is COC1CN(c2nc3ccccc3cc2C2=NC(C)[N+]2=O)CCC1NC1CCCCC1. The summed E-state index contributed by atoms with van der Waals surface area (Å²) < 4.78 is 6.92. The van der Waals surface area contributed by atoms with Gasteiger partial charge < -0.3 is 15.0 Å². The number of nitrogens with zero attached hydrogens (tertiary/aromatic N) is 4. The van der Waals surface area contributed by atoms with Crippen molar-refractivity contribution in [1.29, 1.82) is 0 Å². The van der Waals surface area contributed by atoms with Crippen LogP contribution in [0.2, 0.25) is 0 Å². The Labute approximate surface area is 183 Å². The number of fused-ring (bicyclic) bond motifs is 1. The van der Waals surface area contributed by atoms with Gasteiger partial charge in [-0.1, -0.05) is 42.4 Å². The lowest BCUT2D eigenvalue weighted by Crippen LogP contribution is -2.56. The highest BCUT2D eigenvalue weighted by atomic mass is 16.5. The maximum absolute atomic E-state index is 12.4. The number of nitrogens with one attached hydrogen (secondary N) is 1. The molecule has 3 atom stereocenters. The zero-order chi connectivity index (χ0) is 21.4. The number of rotatable bonds is 5. The standard InChI is InChI=1S/C24H32N5O2/c1-16-25-24(29(16)30)19-14-17-8-6-7-11-20(17)27-23(19)28-13-12-21(22(15-28)31-2)26-18-9-4-3-5-10-18/h6-8,11,14,16,18,21-22,26H,3-5,9-10,12-13,15H2,1-2H3/q+1. The minimum atomic E-state index is -0.327. The summed E-state index contributed by atoms with van der Waals surface area (Å²) in [6.07, 6.45) is 7.30. The van der Waals surface area contributed by atoms with Gasteiger partial charge in [0.2, 0.25) is 0 Å². The average Bonchev–Trinajstić information content (AvgIpc) is 2.82. The van der Waals surface area contributed by atoms with E-state index < -0.39 is 0 Å². The zero-order valence-corrected chi connectivity index (χ0v) is 18.5. The van der Waals surface area contributed by atoms with Gasteiger partial charge in [-0.05, 0) is 36.4 Å². The molecule has 2 aliphatic heterocycles. The second kappa shape index (κ2) is 8.63. The molecule has 1 aromatic carbocycles. The number of benzene rings is 1. The van der Waals surface area contributed by atoms with Gasteiger partial charge in [0.25, 0.3) is 0 Å². The first-order chi connectivity index (χ1) is 15.1. The molecule has 2 fully saturated rings. The van der Waals surface area contributed by atoms with Crippen LogP contribution in [-0.4, -0.2) is 60.1 Å². The van der Waals surface area contributed by atoms with Gasteiger partial charge in [0, 0.05) is 49.4 Å². The van der Waals surface area contributed by atoms with Crippen molar-refractivity contribution in [3.63, 3.8) is 0 Å². The quantitative estimate of drug-likeness (QED) is 0.745. The molecular weight excluding hydrogens is 390 g/mol. The summed E-state index contributed by atoms with van der Waals surface area (Å²) in [6.45, 7) is 3.44. The van der Waals surface area contributed by atoms with E-state index in [4.69, 9.17) is 9.72 Å². The molecule has 31 heavy (non-hydrogen) atoms. The number of hydrogen-bond acceptors (Lipinski definition) is 6. The summed E-state index contributed by atoms with van der Waals surface area (Å²) in [5.41, 5.74) is 1.75. The van der Waals surface area contributed by atoms with Crippen molar-refractivity contribution in [2.45, 2.75) is 69.8 Å². The highest BCUT2D eigenvalue weighted by Gasteiger charge is 2.43. The summed E-state index contributed by atoms with van der Waals surface area (Å²) >= 11 is 0. The number of aliphatic imine (C=N–C) groups is 1. The molecular formula is C24H32N5O2+. The predicted octanol–water partition coefficient (Wildman–Crippen LogP) is 3.64. The Balaban J connectivity index is 1.42. The van der Waals surface area contributed by atoms with Crippen LogP contribution in [0.3, 0.4) is 0 Å². The van der Waals surface area contributed by atoms with E-state index in [9.17, 15) is 4.91 Å². The molecule has 0 amide bonds. The Morgan fingerprint density at radius 2 is 1.97 bits per heavy atom. The summed E-state index contributed by atoms with van der Waals surface area (Å²) in [5.74, 6) is 1.32. The number of methoxy groups -OCH3 is 1. The Kier molecular flexibility index (Phi) is 5.71. The number of amidine groups is 1. The van der Waals surface area contributed by atoms with Crippen LogP contribution in [0.15, 0.2) is 35.3 Å². The van der Waals surface area contributed by atoms with Gasteiger partial charge in [-0.15, -0.1) is 0 Å². The molecule has 0 spiro atoms. The number of pyridine rings is 1. The van der Waals surface area contributed by atoms with Gasteiger partial charge in [0.1, 0.15) is 11.4 Å². The van der Waals surface area contributed by atoms with E-state index in [-0.39, 0.29) is 12.3 Å². The van der Waals surface area contributed by atoms with Crippen molar-refractivity contribution in [3.8, 4) is 0 Å². The molecule has 2 aromatic rings. The van der Waals surface area contributed by atoms with Crippen molar-refractivity contribution < 1.29 is 9.50 Å². The maximum Gasteiger partial charge on any atom is 0.376 e. The van der Waals surface area contributed by atoms with Gasteiger partial charge in [-0.2, -0.15) is 0 Å². The van der Waals surface area contributed by atoms with Gasteiger partial charge in [0.05, 0.1) is 11.6 Å². The highest BCUT2D eigenvalue weighted by molar-refractivity contribution is 6.02. The molecule has 3 unspecified atom stereocenters. The maximum atomic E-state index is 12.4. The van der Waals surface area contributed by atoms with Crippen LogP contribution >= 0.6 is 0 Å². The van der Waals surface area contributed by atoms with Crippen LogP contribution in [0.25, 0.3) is 10.9 Å². The first kappa shape index (κ1) is 20.5. The largest absolute Gasteiger partial charge is 0.378 e. The molecule has 7 heteroatoms. The molecule has 164 valence electrons. The smallest absolute Gasteiger partial charge is 0.376 e. The summed E-state index contributed by atoms with van der Waals surface area (Å²) in [5, 5.41) is 4.90. The van der Waals surface area contributed by atoms with E-state index in [2.05, 4.69) is 21.3 Å². The third-order valence-electron chi connectivity index (χ3n) is 7.02. The molecule has 3 heterocycles. The van der Waals surface area contributed by atoms with Crippen molar-refractivity contribution in [3.05, 3.63) is 40.8 Å². The first-order valence-electron chi connectivity index (χ1n) is 11.6. The van der Waals surface area contributed by atoms with E-state index in [1.54, 1.807) is 7.11 Å². The monoisotopic (exact) mass is 422 g/mol. The molecule has 0 bridgehead atoms. The van der Waals surface area contributed by atoms with Gasteiger partial charge >= 0.3 is 12.0 Å². The lowest BCUT2D eigenvalue weighted by atomic mass is 9.92. The van der Waals surface area contributed by atoms with Crippen molar-refractivity contribution in [2.24, 2.45) is 4.99 Å². The number of piperidine rings is 1. The lowest BCUT2D eigenvalue weighted by molar-refractivity contribution is -0.497. The van der Waals surface area contributed by atoms with E-state index >= 15 is 0 Å². The van der Waals surface area contributed by atoms with Crippen molar-refractivity contribution in [1.82, 2.24) is 10.3 Å². The molecule has 1 saturated heterocycles. The zero-order valence-electron chi connectivity index (χ0n) is 18.5. The fraction of sp³-hybridized carbons (Fsp3) is 0.583. The van der Waals surface area contributed by atoms with E-state index in [1.165, 1.54) is 32.1 Å². The fourth-order valence-corrected chi connectivity index (χ4v) is 5.22. The molecule has 1 saturated carbocycles. The minimum absolute atomic E-state index is 0.0856. The average molecular weight is 423 g/mol. The van der Waals surface area contributed by atoms with Crippen LogP contribution < -0.4 is 10.2 Å². The molecule has 1 aliphatic carbocycles. The third kappa shape index (κ3) is 3.96. The number of hydrogen-bond donors (Lipinski definition) is 1. The molecule has 3 aliphatic rings. The summed E-state index contributed by atoms with van der Waals surface area (Å²) in [4.78, 5) is 24.2. The van der Waals surface area contributed by atoms with E-state index in [0.717, 1.165) is 46.6 Å². The lowest BCUT2D eigenvalue weighted by Gasteiger charge is -2.41. The van der Waals surface area contributed by atoms with Gasteiger partial charge in [0.15, 0.2) is 0 Å². The van der Waals surface area contributed by atoms with E-state index in [1.807, 2.05) is 31.2 Å². The second-order valence-corrected chi connectivity index (χ2v) is 9.08. The fourth-order valence-electron chi connectivity index (χ4n) is 5.22. The number of nitroso groups, excluding NO2 is 1. The Morgan fingerprint density at radius 1 is 1.16 bits per heavy atom. The molecule has 0 radical (unpaired) electrons. The Morgan fingerprint density at radius 3 is 2.71 bits per heavy atom. The molecule has 1 N–H and O–H groups in total. The van der Waals surface area contributed by atoms with Crippen LogP contribution in [0.4, 0.5) is 5.82 Å². The number of para-hydroxylation sites is 1. The van der Waals surface area contributed by atoms with Crippen LogP contribution in [0.1, 0.15) is 51.0 Å². The van der Waals surface area contributed by atoms with Crippen molar-refractivity contribution in [2.75, 3.05) is 25.1 Å². The van der Waals surface area contributed by atoms with Crippen LogP contribution in [0.5, 0.6) is 0 Å². The van der Waals surface area contributed by atoms with E-state index in [0.29, 0.717) is 17.9 Å². The Hall–Kier alpha value is -2.38. The molecule has 5 rings (SSSR count). The normalized spacial score (nSPS) is 27.3. The number of anilines is 1. The second-order valence-electron chi connectivity index (χ2n) is 9.08. The predicted molar refractivity (Wildman–Crippen MR) is 123 cm³/mol.